The molecular weight excluding hydrogens is 497 g/mol. The molecule has 1 aliphatic carbocycles. The summed E-state index contributed by atoms with van der Waals surface area (Å²) in [4.78, 5) is 26.2. The maximum Gasteiger partial charge on any atom is 0.240 e. The fraction of sp³-hybridized carbons (Fsp3) is 0.292. The van der Waals surface area contributed by atoms with E-state index in [1.165, 1.54) is 30.5 Å². The Morgan fingerprint density at radius 1 is 1.06 bits per heavy atom. The zero-order chi connectivity index (χ0) is 24.6. The number of halogens is 2. The molecule has 10 heteroatoms. The molecule has 1 aromatic heterocycles. The summed E-state index contributed by atoms with van der Waals surface area (Å²) < 4.78 is 29.1. The second kappa shape index (κ2) is 9.62. The summed E-state index contributed by atoms with van der Waals surface area (Å²) >= 11 is 11.8. The molecule has 178 valence electrons. The highest BCUT2D eigenvalue weighted by atomic mass is 35.5. The SMILES string of the molecule is Cc1cc(-n2cc(Cl)cn2)cc(C)c1C1C(=O)CC(CCNS(=O)(=O)c2ccc(Cl)cc2)C1=O. The molecule has 0 radical (unpaired) electrons. The number of nitrogens with zero attached hydrogens (tertiary/aromatic N) is 2. The van der Waals surface area contributed by atoms with E-state index in [0.717, 1.165) is 16.8 Å². The van der Waals surface area contributed by atoms with Crippen LogP contribution < -0.4 is 4.72 Å². The van der Waals surface area contributed by atoms with Crippen molar-refractivity contribution < 1.29 is 18.0 Å². The summed E-state index contributed by atoms with van der Waals surface area (Å²) in [5, 5.41) is 5.15. The molecule has 7 nitrogen and oxygen atoms in total. The minimum atomic E-state index is -3.73. The van der Waals surface area contributed by atoms with Gasteiger partial charge in [-0.2, -0.15) is 5.10 Å². The van der Waals surface area contributed by atoms with Crippen LogP contribution in [0.15, 0.2) is 53.7 Å². The number of carbonyl (C=O) groups is 2. The Kier molecular flexibility index (Phi) is 6.96. The van der Waals surface area contributed by atoms with Crippen molar-refractivity contribution in [1.82, 2.24) is 14.5 Å². The van der Waals surface area contributed by atoms with Crippen LogP contribution in [0, 0.1) is 19.8 Å². The molecule has 1 saturated carbocycles. The molecule has 1 N–H and O–H groups in total. The quantitative estimate of drug-likeness (QED) is 0.466. The van der Waals surface area contributed by atoms with E-state index in [9.17, 15) is 18.0 Å². The third-order valence-corrected chi connectivity index (χ3v) is 7.97. The maximum atomic E-state index is 13.2. The van der Waals surface area contributed by atoms with Crippen LogP contribution in [0.5, 0.6) is 0 Å². The Bertz CT molecular complexity index is 1340. The first-order chi connectivity index (χ1) is 16.1. The fourth-order valence-corrected chi connectivity index (χ4v) is 5.76. The van der Waals surface area contributed by atoms with Crippen LogP contribution in [0.3, 0.4) is 0 Å². The number of hydrogen-bond acceptors (Lipinski definition) is 5. The van der Waals surface area contributed by atoms with Gasteiger partial charge in [-0.1, -0.05) is 23.2 Å². The van der Waals surface area contributed by atoms with Gasteiger partial charge in [-0.05, 0) is 73.4 Å². The molecule has 0 aliphatic heterocycles. The van der Waals surface area contributed by atoms with E-state index in [0.29, 0.717) is 15.6 Å². The number of sulfonamides is 1. The first kappa shape index (κ1) is 24.6. The molecule has 1 heterocycles. The third-order valence-electron chi connectivity index (χ3n) is 6.05. The first-order valence-electron chi connectivity index (χ1n) is 10.7. The molecule has 4 rings (SSSR count). The van der Waals surface area contributed by atoms with Gasteiger partial charge in [-0.3, -0.25) is 9.59 Å². The standard InChI is InChI=1S/C24H23Cl2N3O4S/c1-14-9-19(29-13-18(26)12-27-29)10-15(2)22(14)23-21(30)11-16(24(23)31)7-8-28-34(32,33)20-5-3-17(25)4-6-20/h3-6,9-10,12-13,16,23,28H,7-8,11H2,1-2H3. The number of hydrogen-bond donors (Lipinski definition) is 1. The molecule has 2 atom stereocenters. The number of rotatable bonds is 7. The van der Waals surface area contributed by atoms with Crippen molar-refractivity contribution in [3.63, 3.8) is 0 Å². The molecule has 0 amide bonds. The number of Topliss-reactive ketones (excluding diaryl/α,β-unsaturated/α-hetero) is 2. The second-order valence-corrected chi connectivity index (χ2v) is 11.1. The zero-order valence-electron chi connectivity index (χ0n) is 18.6. The molecule has 1 aliphatic rings. The van der Waals surface area contributed by atoms with Crippen molar-refractivity contribution in [2.45, 2.75) is 37.5 Å². The largest absolute Gasteiger partial charge is 0.298 e. The van der Waals surface area contributed by atoms with Crippen molar-refractivity contribution in [1.29, 1.82) is 0 Å². The van der Waals surface area contributed by atoms with Gasteiger partial charge >= 0.3 is 0 Å². The van der Waals surface area contributed by atoms with Gasteiger partial charge in [0.1, 0.15) is 11.7 Å². The summed E-state index contributed by atoms with van der Waals surface area (Å²) in [6, 6.07) is 9.57. The van der Waals surface area contributed by atoms with E-state index >= 15 is 0 Å². The van der Waals surface area contributed by atoms with Crippen LogP contribution in [-0.2, 0) is 19.6 Å². The van der Waals surface area contributed by atoms with Crippen molar-refractivity contribution in [3.05, 3.63) is 75.5 Å². The van der Waals surface area contributed by atoms with Crippen LogP contribution in [0.4, 0.5) is 0 Å². The topological polar surface area (TPSA) is 98.1 Å². The smallest absolute Gasteiger partial charge is 0.240 e. The highest BCUT2D eigenvalue weighted by Crippen LogP contribution is 2.37. The van der Waals surface area contributed by atoms with Gasteiger partial charge in [0.15, 0.2) is 5.78 Å². The Balaban J connectivity index is 1.47. The van der Waals surface area contributed by atoms with Gasteiger partial charge in [0, 0.05) is 30.1 Å². The van der Waals surface area contributed by atoms with Crippen LogP contribution in [0.25, 0.3) is 5.69 Å². The highest BCUT2D eigenvalue weighted by Gasteiger charge is 2.43. The number of carbonyl (C=O) groups excluding carboxylic acids is 2. The molecule has 34 heavy (non-hydrogen) atoms. The molecule has 2 aromatic carbocycles. The second-order valence-electron chi connectivity index (χ2n) is 8.44. The Labute approximate surface area is 208 Å². The molecule has 0 spiro atoms. The van der Waals surface area contributed by atoms with E-state index in [1.807, 2.05) is 26.0 Å². The summed E-state index contributed by atoms with van der Waals surface area (Å²) in [6.45, 7) is 3.79. The van der Waals surface area contributed by atoms with Gasteiger partial charge in [0.2, 0.25) is 10.0 Å². The van der Waals surface area contributed by atoms with E-state index < -0.39 is 21.9 Å². The average molecular weight is 520 g/mol. The van der Waals surface area contributed by atoms with E-state index in [1.54, 1.807) is 10.9 Å². The Morgan fingerprint density at radius 2 is 1.71 bits per heavy atom. The van der Waals surface area contributed by atoms with E-state index in [2.05, 4.69) is 9.82 Å². The maximum absolute atomic E-state index is 13.2. The van der Waals surface area contributed by atoms with Gasteiger partial charge in [0.05, 0.1) is 21.8 Å². The van der Waals surface area contributed by atoms with Crippen LogP contribution in [0.2, 0.25) is 10.0 Å². The highest BCUT2D eigenvalue weighted by molar-refractivity contribution is 7.89. The van der Waals surface area contributed by atoms with E-state index in [4.69, 9.17) is 23.2 Å². The van der Waals surface area contributed by atoms with Crippen molar-refractivity contribution in [3.8, 4) is 5.69 Å². The molecule has 1 fully saturated rings. The molecule has 2 unspecified atom stereocenters. The lowest BCUT2D eigenvalue weighted by molar-refractivity contribution is -0.124. The summed E-state index contributed by atoms with van der Waals surface area (Å²) in [7, 11) is -3.73. The number of benzene rings is 2. The monoisotopic (exact) mass is 519 g/mol. The zero-order valence-corrected chi connectivity index (χ0v) is 20.9. The lowest BCUT2D eigenvalue weighted by atomic mass is 9.87. The molecule has 3 aromatic rings. The summed E-state index contributed by atoms with van der Waals surface area (Å²) in [5.41, 5.74) is 3.13. The minimum Gasteiger partial charge on any atom is -0.298 e. The van der Waals surface area contributed by atoms with Crippen LogP contribution in [-0.4, -0.2) is 36.3 Å². The lowest BCUT2D eigenvalue weighted by Crippen LogP contribution is -2.27. The first-order valence-corrected chi connectivity index (χ1v) is 12.9. The van der Waals surface area contributed by atoms with E-state index in [-0.39, 0.29) is 35.8 Å². The van der Waals surface area contributed by atoms with Crippen LogP contribution >= 0.6 is 23.2 Å². The molecular formula is C24H23Cl2N3O4S. The van der Waals surface area contributed by atoms with Crippen molar-refractivity contribution in [2.24, 2.45) is 5.92 Å². The van der Waals surface area contributed by atoms with Crippen molar-refractivity contribution in [2.75, 3.05) is 6.54 Å². The lowest BCUT2D eigenvalue weighted by Gasteiger charge is -2.17. The van der Waals surface area contributed by atoms with Gasteiger partial charge in [-0.25, -0.2) is 17.8 Å². The van der Waals surface area contributed by atoms with Crippen molar-refractivity contribution >= 4 is 44.8 Å². The number of nitrogens with one attached hydrogen (secondary N) is 1. The predicted octanol–water partition coefficient (Wildman–Crippen LogP) is 4.41. The third kappa shape index (κ3) is 4.95. The minimum absolute atomic E-state index is 0.0539. The average Bonchev–Trinajstić information content (AvgIpc) is 3.32. The van der Waals surface area contributed by atoms with Gasteiger partial charge in [-0.15, -0.1) is 0 Å². The van der Waals surface area contributed by atoms with Gasteiger partial charge in [0.25, 0.3) is 0 Å². The van der Waals surface area contributed by atoms with Crippen LogP contribution in [0.1, 0.15) is 35.4 Å². The molecule has 0 bridgehead atoms. The van der Waals surface area contributed by atoms with Gasteiger partial charge < -0.3 is 0 Å². The molecule has 0 saturated heterocycles. The normalized spacial score (nSPS) is 18.6. The summed E-state index contributed by atoms with van der Waals surface area (Å²) in [5.74, 6) is -1.68. The summed E-state index contributed by atoms with van der Waals surface area (Å²) in [6.07, 6.45) is 3.57. The Morgan fingerprint density at radius 3 is 2.29 bits per heavy atom. The predicted molar refractivity (Wildman–Crippen MR) is 130 cm³/mol. The number of aromatic nitrogens is 2. The Hall–Kier alpha value is -2.52. The fourth-order valence-electron chi connectivity index (χ4n) is 4.45. The number of aryl methyl sites for hydroxylation is 2. The number of ketones is 2.